The lowest BCUT2D eigenvalue weighted by Crippen LogP contribution is -2.09. The third kappa shape index (κ3) is 11.3. The van der Waals surface area contributed by atoms with Gasteiger partial charge in [-0.25, -0.2) is 0 Å². The molecule has 64 heavy (non-hydrogen) atoms. The molecular weight excluding hydrogens is 1070 g/mol. The van der Waals surface area contributed by atoms with Crippen molar-refractivity contribution >= 4 is 210 Å². The van der Waals surface area contributed by atoms with Crippen LogP contribution in [0.3, 0.4) is 0 Å². The highest BCUT2D eigenvalue weighted by Crippen LogP contribution is 2.59. The average Bonchev–Trinajstić information content (AvgIpc) is 4.21. The molecule has 0 N–H and O–H groups in total. The van der Waals surface area contributed by atoms with Gasteiger partial charge in [-0.15, -0.1) is 105 Å². The van der Waals surface area contributed by atoms with Crippen molar-refractivity contribution < 1.29 is 0 Å². The molecule has 6 aromatic rings. The Kier molecular flexibility index (Phi) is 17.1. The standard InChI is InChI=1S/C48H39NS15/c1-50-43-44(51-2)60-40(59-43)25-34-19-22-37(56-34)28-7-13-31(14-8-28)49(32-15-9-29(10-16-32)38-23-20-35(57-38)26-41-61-45(52-3)46(53-4)62-41)33-17-11-30(12-18-33)39-24-21-36(58-39)27-42-63-47(54-5)48(55-6)64-42/h7-27H,1-6H3. The first-order chi connectivity index (χ1) is 31.3. The summed E-state index contributed by atoms with van der Waals surface area (Å²) in [5.74, 6) is 0. The van der Waals surface area contributed by atoms with Crippen LogP contribution < -0.4 is 4.90 Å². The van der Waals surface area contributed by atoms with Crippen molar-refractivity contribution in [1.82, 2.24) is 0 Å². The van der Waals surface area contributed by atoms with E-state index in [1.807, 2.05) is 175 Å². The zero-order valence-electron chi connectivity index (χ0n) is 35.2. The summed E-state index contributed by atoms with van der Waals surface area (Å²) < 4.78 is 12.5. The van der Waals surface area contributed by atoms with Crippen molar-refractivity contribution in [3.8, 4) is 31.3 Å². The number of hydrogen-bond acceptors (Lipinski definition) is 16. The minimum atomic E-state index is 1.13. The molecule has 3 aliphatic rings. The van der Waals surface area contributed by atoms with E-state index in [1.54, 1.807) is 0 Å². The Morgan fingerprint density at radius 3 is 0.766 bits per heavy atom. The topological polar surface area (TPSA) is 3.24 Å². The zero-order chi connectivity index (χ0) is 44.2. The van der Waals surface area contributed by atoms with Crippen LogP contribution in [0.1, 0.15) is 14.6 Å². The molecular formula is C48H39NS15. The van der Waals surface area contributed by atoms with Gasteiger partial charge in [-0.3, -0.25) is 0 Å². The quantitative estimate of drug-likeness (QED) is 0.0962. The number of thiophene rings is 3. The molecule has 0 bridgehead atoms. The Morgan fingerprint density at radius 1 is 0.312 bits per heavy atom. The van der Waals surface area contributed by atoms with Gasteiger partial charge in [0.2, 0.25) is 0 Å². The number of rotatable bonds is 15. The lowest BCUT2D eigenvalue weighted by Gasteiger charge is -2.26. The van der Waals surface area contributed by atoms with Crippen molar-refractivity contribution in [2.24, 2.45) is 0 Å². The van der Waals surface area contributed by atoms with Gasteiger partial charge in [0.25, 0.3) is 0 Å². The fourth-order valence-corrected chi connectivity index (χ4v) is 24.8. The van der Waals surface area contributed by atoms with Crippen LogP contribution in [-0.2, 0) is 0 Å². The van der Waals surface area contributed by atoms with Crippen molar-refractivity contribution in [3.63, 3.8) is 0 Å². The molecule has 0 atom stereocenters. The first-order valence-corrected chi connectivity index (χ1v) is 34.1. The molecule has 0 unspecified atom stereocenters. The van der Waals surface area contributed by atoms with E-state index < -0.39 is 0 Å². The first-order valence-electron chi connectivity index (χ1n) is 19.4. The third-order valence-corrected chi connectivity index (χ3v) is 28.2. The summed E-state index contributed by atoms with van der Waals surface area (Å²) in [5.41, 5.74) is 7.07. The lowest BCUT2D eigenvalue weighted by atomic mass is 10.1. The van der Waals surface area contributed by atoms with Crippen LogP contribution in [0.15, 0.2) is 147 Å². The fourth-order valence-electron chi connectivity index (χ4n) is 6.66. The molecule has 6 heterocycles. The van der Waals surface area contributed by atoms with Crippen molar-refractivity contribution in [2.45, 2.75) is 0 Å². The van der Waals surface area contributed by atoms with Crippen LogP contribution in [0, 0.1) is 0 Å². The normalized spacial score (nSPS) is 15.4. The van der Waals surface area contributed by atoms with Gasteiger partial charge in [-0.1, -0.05) is 107 Å². The summed E-state index contributed by atoms with van der Waals surface area (Å²) in [5, 5.41) is 0. The Labute approximate surface area is 440 Å². The molecule has 326 valence electrons. The smallest absolute Gasteiger partial charge is 0.0657 e. The SMILES string of the molecule is CSC1=C(SC)SC(=Cc2ccc(-c3ccc(N(c4ccc(-c5ccc(C=C6SC(SC)=C(SC)S6)s5)cc4)c4ccc(-c5ccc(C=C6SC(SC)=C(SC)S6)s5)cc4)cc3)s2)S1. The molecule has 0 radical (unpaired) electrons. The van der Waals surface area contributed by atoms with E-state index in [0.29, 0.717) is 0 Å². The number of benzene rings is 3. The summed E-state index contributed by atoms with van der Waals surface area (Å²) in [6.07, 6.45) is 20.1. The van der Waals surface area contributed by atoms with Crippen LogP contribution in [0.25, 0.3) is 49.5 Å². The van der Waals surface area contributed by atoms with Gasteiger partial charge in [-0.05, 0) is 145 Å². The van der Waals surface area contributed by atoms with Crippen LogP contribution in [0.2, 0.25) is 0 Å². The van der Waals surface area contributed by atoms with Crippen LogP contribution in [0.4, 0.5) is 17.1 Å². The number of hydrogen-bond donors (Lipinski definition) is 0. The van der Waals surface area contributed by atoms with Crippen molar-refractivity contribution in [1.29, 1.82) is 0 Å². The third-order valence-electron chi connectivity index (χ3n) is 9.66. The van der Waals surface area contributed by atoms with Crippen LogP contribution in [0.5, 0.6) is 0 Å². The molecule has 3 aliphatic heterocycles. The van der Waals surface area contributed by atoms with E-state index in [1.165, 1.54) is 84.1 Å². The van der Waals surface area contributed by atoms with E-state index in [9.17, 15) is 0 Å². The molecule has 3 aromatic heterocycles. The molecule has 0 saturated heterocycles. The van der Waals surface area contributed by atoms with Gasteiger partial charge < -0.3 is 4.90 Å². The van der Waals surface area contributed by atoms with Gasteiger partial charge in [-0.2, -0.15) is 0 Å². The minimum Gasteiger partial charge on any atom is -0.311 e. The van der Waals surface area contributed by atoms with Crippen molar-refractivity contribution in [2.75, 3.05) is 42.4 Å². The van der Waals surface area contributed by atoms with Gasteiger partial charge in [0.15, 0.2) is 0 Å². The van der Waals surface area contributed by atoms with Crippen LogP contribution in [-0.4, -0.2) is 37.5 Å². The molecule has 9 rings (SSSR count). The second-order valence-corrected chi connectivity index (χ2v) is 30.4. The first kappa shape index (κ1) is 48.2. The average molecular weight is 1110 g/mol. The Bertz CT molecular complexity index is 2470. The predicted molar refractivity (Wildman–Crippen MR) is 323 cm³/mol. The lowest BCUT2D eigenvalue weighted by molar-refractivity contribution is 1.28. The van der Waals surface area contributed by atoms with E-state index in [2.05, 4.69) is 170 Å². The number of thioether (sulfide) groups is 12. The zero-order valence-corrected chi connectivity index (χ0v) is 47.4. The van der Waals surface area contributed by atoms with E-state index in [-0.39, 0.29) is 0 Å². The van der Waals surface area contributed by atoms with Crippen molar-refractivity contribution in [3.05, 3.63) is 162 Å². The highest BCUT2D eigenvalue weighted by Gasteiger charge is 2.23. The monoisotopic (exact) mass is 1110 g/mol. The molecule has 0 aliphatic carbocycles. The Morgan fingerprint density at radius 2 is 0.547 bits per heavy atom. The number of nitrogens with zero attached hydrogens (tertiary/aromatic N) is 1. The summed E-state index contributed by atoms with van der Waals surface area (Å²) in [6, 6.07) is 40.8. The van der Waals surface area contributed by atoms with E-state index in [4.69, 9.17) is 0 Å². The molecule has 0 spiro atoms. The molecule has 3 aromatic carbocycles. The minimum absolute atomic E-state index is 1.13. The maximum Gasteiger partial charge on any atom is 0.0657 e. The Balaban J connectivity index is 0.971. The molecule has 16 heteroatoms. The van der Waals surface area contributed by atoms with Crippen LogP contribution >= 0.6 is 175 Å². The van der Waals surface area contributed by atoms with E-state index >= 15 is 0 Å². The molecule has 0 saturated carbocycles. The van der Waals surface area contributed by atoms with Gasteiger partial charge in [0.1, 0.15) is 0 Å². The van der Waals surface area contributed by atoms with Gasteiger partial charge >= 0.3 is 0 Å². The maximum absolute atomic E-state index is 2.38. The number of anilines is 3. The largest absolute Gasteiger partial charge is 0.311 e. The van der Waals surface area contributed by atoms with E-state index in [0.717, 1.165) is 17.1 Å². The highest BCUT2D eigenvalue weighted by molar-refractivity contribution is 8.42. The van der Waals surface area contributed by atoms with Gasteiger partial charge in [0, 0.05) is 46.3 Å². The molecule has 1 nitrogen and oxygen atoms in total. The summed E-state index contributed by atoms with van der Waals surface area (Å²) >= 11 is 28.0. The maximum atomic E-state index is 2.38. The fraction of sp³-hybridized carbons (Fsp3) is 0.125. The molecule has 0 fully saturated rings. The second kappa shape index (κ2) is 22.7. The Hall–Kier alpha value is -0.800. The summed E-state index contributed by atoms with van der Waals surface area (Å²) in [6.45, 7) is 0. The second-order valence-electron chi connectivity index (χ2n) is 13.5. The van der Waals surface area contributed by atoms with Gasteiger partial charge in [0.05, 0.1) is 38.1 Å². The molecule has 0 amide bonds. The highest BCUT2D eigenvalue weighted by atomic mass is 32.3. The summed E-state index contributed by atoms with van der Waals surface area (Å²) in [7, 11) is 0. The predicted octanol–water partition coefficient (Wildman–Crippen LogP) is 21.2. The summed E-state index contributed by atoms with van der Waals surface area (Å²) in [4.78, 5) is 10.1.